The highest BCUT2D eigenvalue weighted by Gasteiger charge is 2.30. The van der Waals surface area contributed by atoms with Gasteiger partial charge in [0.25, 0.3) is 0 Å². The summed E-state index contributed by atoms with van der Waals surface area (Å²) in [6.45, 7) is 2.67. The van der Waals surface area contributed by atoms with Crippen LogP contribution < -0.4 is 10.6 Å². The summed E-state index contributed by atoms with van der Waals surface area (Å²) in [6, 6.07) is 5.07. The summed E-state index contributed by atoms with van der Waals surface area (Å²) in [5, 5.41) is 8.38. The van der Waals surface area contributed by atoms with Crippen molar-refractivity contribution in [3.05, 3.63) is 40.9 Å². The lowest BCUT2D eigenvalue weighted by Gasteiger charge is -2.08. The van der Waals surface area contributed by atoms with Crippen molar-refractivity contribution in [2.75, 3.05) is 19.6 Å². The monoisotopic (exact) mass is 383 g/mol. The first-order valence-corrected chi connectivity index (χ1v) is 9.39. The van der Waals surface area contributed by atoms with E-state index >= 15 is 0 Å². The van der Waals surface area contributed by atoms with Gasteiger partial charge in [0.1, 0.15) is 5.01 Å². The van der Waals surface area contributed by atoms with E-state index in [4.69, 9.17) is 0 Å². The van der Waals surface area contributed by atoms with Gasteiger partial charge in [-0.3, -0.25) is 4.79 Å². The molecular formula is C18H20F3N3OS. The fourth-order valence-corrected chi connectivity index (χ4v) is 3.77. The second-order valence-corrected chi connectivity index (χ2v) is 7.25. The number of hydrogen-bond acceptors (Lipinski definition) is 4. The Morgan fingerprint density at radius 3 is 2.96 bits per heavy atom. The first-order valence-electron chi connectivity index (χ1n) is 8.51. The van der Waals surface area contributed by atoms with Gasteiger partial charge in [-0.05, 0) is 44.0 Å². The molecule has 1 saturated heterocycles. The molecule has 2 heterocycles. The molecule has 1 amide bonds. The molecular weight excluding hydrogens is 363 g/mol. The molecule has 140 valence electrons. The number of nitrogens with zero attached hydrogens (tertiary/aromatic N) is 1. The molecule has 1 atom stereocenters. The minimum absolute atomic E-state index is 0.114. The summed E-state index contributed by atoms with van der Waals surface area (Å²) in [5.74, 6) is 0.499. The highest BCUT2D eigenvalue weighted by atomic mass is 32.1. The van der Waals surface area contributed by atoms with Crippen molar-refractivity contribution in [2.24, 2.45) is 5.92 Å². The van der Waals surface area contributed by atoms with Crippen molar-refractivity contribution < 1.29 is 18.0 Å². The zero-order valence-corrected chi connectivity index (χ0v) is 14.9. The van der Waals surface area contributed by atoms with Crippen LogP contribution in [0.2, 0.25) is 0 Å². The van der Waals surface area contributed by atoms with Crippen LogP contribution in [0.25, 0.3) is 10.6 Å². The molecule has 3 rings (SSSR count). The van der Waals surface area contributed by atoms with Crippen LogP contribution in [-0.4, -0.2) is 30.5 Å². The molecule has 26 heavy (non-hydrogen) atoms. The molecule has 1 aliphatic rings. The van der Waals surface area contributed by atoms with Gasteiger partial charge in [-0.25, -0.2) is 4.98 Å². The maximum Gasteiger partial charge on any atom is 0.416 e. The molecule has 0 bridgehead atoms. The van der Waals surface area contributed by atoms with Crippen LogP contribution in [0, 0.1) is 5.92 Å². The SMILES string of the molecule is O=C(Cc1csc(-c2cccc(C(F)(F)F)c2)n1)NCCC1CCNC1. The van der Waals surface area contributed by atoms with E-state index in [1.54, 1.807) is 11.4 Å². The van der Waals surface area contributed by atoms with Gasteiger partial charge < -0.3 is 10.6 Å². The maximum absolute atomic E-state index is 12.8. The van der Waals surface area contributed by atoms with Crippen molar-refractivity contribution in [1.82, 2.24) is 15.6 Å². The van der Waals surface area contributed by atoms with E-state index in [1.165, 1.54) is 17.4 Å². The Labute approximate surface area is 153 Å². The van der Waals surface area contributed by atoms with Crippen LogP contribution in [0.15, 0.2) is 29.6 Å². The number of aromatic nitrogens is 1. The van der Waals surface area contributed by atoms with Gasteiger partial charge in [-0.2, -0.15) is 13.2 Å². The molecule has 8 heteroatoms. The van der Waals surface area contributed by atoms with Gasteiger partial charge in [0.05, 0.1) is 17.7 Å². The number of hydrogen-bond donors (Lipinski definition) is 2. The summed E-state index contributed by atoms with van der Waals surface area (Å²) in [6.07, 6.45) is -2.16. The number of carbonyl (C=O) groups excluding carboxylic acids is 1. The largest absolute Gasteiger partial charge is 0.416 e. The fourth-order valence-electron chi connectivity index (χ4n) is 2.95. The van der Waals surface area contributed by atoms with Gasteiger partial charge in [0.15, 0.2) is 0 Å². The minimum atomic E-state index is -4.38. The number of alkyl halides is 3. The third-order valence-electron chi connectivity index (χ3n) is 4.37. The van der Waals surface area contributed by atoms with Crippen LogP contribution in [-0.2, 0) is 17.4 Å². The summed E-state index contributed by atoms with van der Waals surface area (Å²) in [4.78, 5) is 16.3. The van der Waals surface area contributed by atoms with Crippen LogP contribution in [0.3, 0.4) is 0 Å². The standard InChI is InChI=1S/C18H20F3N3OS/c19-18(20,21)14-3-1-2-13(8-14)17-24-15(11-26-17)9-16(25)23-7-5-12-4-6-22-10-12/h1-3,8,11-12,22H,4-7,9-10H2,(H,23,25). The van der Waals surface area contributed by atoms with E-state index < -0.39 is 11.7 Å². The first kappa shape index (κ1) is 18.8. The number of thiazole rings is 1. The molecule has 2 aromatic rings. The molecule has 1 aliphatic heterocycles. The smallest absolute Gasteiger partial charge is 0.356 e. The molecule has 0 saturated carbocycles. The van der Waals surface area contributed by atoms with Crippen molar-refractivity contribution in [2.45, 2.75) is 25.4 Å². The average Bonchev–Trinajstić information content (AvgIpc) is 3.26. The van der Waals surface area contributed by atoms with Gasteiger partial charge >= 0.3 is 6.18 Å². The lowest BCUT2D eigenvalue weighted by Crippen LogP contribution is -2.27. The van der Waals surface area contributed by atoms with Gasteiger partial charge in [0.2, 0.25) is 5.91 Å². The Kier molecular flexibility index (Phi) is 5.93. The Morgan fingerprint density at radius 2 is 2.23 bits per heavy atom. The van der Waals surface area contributed by atoms with Crippen LogP contribution in [0.4, 0.5) is 13.2 Å². The second kappa shape index (κ2) is 8.18. The summed E-state index contributed by atoms with van der Waals surface area (Å²) < 4.78 is 38.5. The Balaban J connectivity index is 1.55. The number of benzene rings is 1. The average molecular weight is 383 g/mol. The van der Waals surface area contributed by atoms with Gasteiger partial charge in [0, 0.05) is 17.5 Å². The predicted octanol–water partition coefficient (Wildman–Crippen LogP) is 3.49. The highest BCUT2D eigenvalue weighted by Crippen LogP contribution is 2.33. The second-order valence-electron chi connectivity index (χ2n) is 6.40. The molecule has 1 unspecified atom stereocenters. The van der Waals surface area contributed by atoms with Crippen molar-refractivity contribution >= 4 is 17.2 Å². The lowest BCUT2D eigenvalue weighted by molar-refractivity contribution is -0.137. The van der Waals surface area contributed by atoms with Gasteiger partial charge in [-0.15, -0.1) is 11.3 Å². The zero-order valence-electron chi connectivity index (χ0n) is 14.1. The molecule has 2 N–H and O–H groups in total. The van der Waals surface area contributed by atoms with E-state index in [0.717, 1.165) is 38.1 Å². The molecule has 1 aromatic carbocycles. The summed E-state index contributed by atoms with van der Waals surface area (Å²) in [7, 11) is 0. The maximum atomic E-state index is 12.8. The van der Waals surface area contributed by atoms with E-state index in [-0.39, 0.29) is 12.3 Å². The van der Waals surface area contributed by atoms with Crippen LogP contribution >= 0.6 is 11.3 Å². The highest BCUT2D eigenvalue weighted by molar-refractivity contribution is 7.13. The number of nitrogens with one attached hydrogen (secondary N) is 2. The third kappa shape index (κ3) is 5.04. The van der Waals surface area contributed by atoms with E-state index in [9.17, 15) is 18.0 Å². The van der Waals surface area contributed by atoms with Crippen molar-refractivity contribution in [1.29, 1.82) is 0 Å². The van der Waals surface area contributed by atoms with E-state index in [2.05, 4.69) is 15.6 Å². The lowest BCUT2D eigenvalue weighted by atomic mass is 10.1. The number of halogens is 3. The summed E-state index contributed by atoms with van der Waals surface area (Å²) >= 11 is 1.24. The van der Waals surface area contributed by atoms with Gasteiger partial charge in [-0.1, -0.05) is 12.1 Å². The first-order chi connectivity index (χ1) is 12.4. The minimum Gasteiger partial charge on any atom is -0.356 e. The Hall–Kier alpha value is -1.93. The number of rotatable bonds is 6. The summed E-state index contributed by atoms with van der Waals surface area (Å²) in [5.41, 5.74) is 0.276. The fraction of sp³-hybridized carbons (Fsp3) is 0.444. The van der Waals surface area contributed by atoms with Crippen LogP contribution in [0.1, 0.15) is 24.1 Å². The number of carbonyl (C=O) groups is 1. The molecule has 1 fully saturated rings. The molecule has 0 spiro atoms. The molecule has 1 aromatic heterocycles. The molecule has 4 nitrogen and oxygen atoms in total. The van der Waals surface area contributed by atoms with Crippen molar-refractivity contribution in [3.63, 3.8) is 0 Å². The van der Waals surface area contributed by atoms with Crippen molar-refractivity contribution in [3.8, 4) is 10.6 Å². The van der Waals surface area contributed by atoms with E-state index in [1.807, 2.05) is 0 Å². The van der Waals surface area contributed by atoms with Crippen LogP contribution in [0.5, 0.6) is 0 Å². The van der Waals surface area contributed by atoms with E-state index in [0.29, 0.717) is 28.7 Å². The quantitative estimate of drug-likeness (QED) is 0.803. The normalized spacial score (nSPS) is 17.4. The number of amides is 1. The predicted molar refractivity (Wildman–Crippen MR) is 94.9 cm³/mol. The Bertz CT molecular complexity index is 754. The zero-order chi connectivity index (χ0) is 18.6. The Morgan fingerprint density at radius 1 is 1.38 bits per heavy atom. The molecule has 0 radical (unpaired) electrons. The third-order valence-corrected chi connectivity index (χ3v) is 5.31. The topological polar surface area (TPSA) is 54.0 Å². The molecule has 0 aliphatic carbocycles.